The first-order chi connectivity index (χ1) is 16.2. The molecule has 2 fully saturated rings. The lowest BCUT2D eigenvalue weighted by atomic mass is 9.91. The summed E-state index contributed by atoms with van der Waals surface area (Å²) in [5.41, 5.74) is 2.93. The van der Waals surface area contributed by atoms with Crippen molar-refractivity contribution in [3.05, 3.63) is 54.5 Å². The summed E-state index contributed by atoms with van der Waals surface area (Å²) in [6.45, 7) is 3.46. The summed E-state index contributed by atoms with van der Waals surface area (Å²) in [5, 5.41) is 4.80. The highest BCUT2D eigenvalue weighted by Gasteiger charge is 2.29. The maximum atomic E-state index is 12.8. The summed E-state index contributed by atoms with van der Waals surface area (Å²) in [6.07, 6.45) is 8.18. The number of piperidine rings is 1. The summed E-state index contributed by atoms with van der Waals surface area (Å²) in [6, 6.07) is 11.4. The van der Waals surface area contributed by atoms with Gasteiger partial charge in [-0.3, -0.25) is 9.48 Å². The molecule has 0 aliphatic carbocycles. The van der Waals surface area contributed by atoms with E-state index in [1.54, 1.807) is 0 Å². The van der Waals surface area contributed by atoms with E-state index in [1.807, 2.05) is 65.4 Å². The molecule has 2 saturated heterocycles. The average Bonchev–Trinajstić information content (AvgIpc) is 3.54. The lowest BCUT2D eigenvalue weighted by molar-refractivity contribution is -0.134. The maximum Gasteiger partial charge on any atom is 0.260 e. The second-order valence-corrected chi connectivity index (χ2v) is 8.82. The molecule has 1 aromatic carbocycles. The number of nitrogens with zero attached hydrogens (tertiary/aromatic N) is 6. The standard InChI is InChI=1S/C25H30N6O2/c1-29-17-21(22-11-12-26-25(27-22)30-13-5-6-14-30)24(28-29)19-8-7-15-31(16-19)23(32)18-33-20-9-3-2-4-10-20/h2-4,9-12,17,19H,5-8,13-16,18H2,1H3/t19-/m0/s1. The molecule has 8 nitrogen and oxygen atoms in total. The third-order valence-electron chi connectivity index (χ3n) is 6.43. The van der Waals surface area contributed by atoms with Crippen molar-refractivity contribution in [1.82, 2.24) is 24.6 Å². The number of ether oxygens (including phenoxy) is 1. The molecule has 8 heteroatoms. The summed E-state index contributed by atoms with van der Waals surface area (Å²) in [7, 11) is 1.94. The highest BCUT2D eigenvalue weighted by Crippen LogP contribution is 2.33. The minimum Gasteiger partial charge on any atom is -0.484 e. The first-order valence-corrected chi connectivity index (χ1v) is 11.7. The van der Waals surface area contributed by atoms with Crippen LogP contribution in [-0.2, 0) is 11.8 Å². The van der Waals surface area contributed by atoms with Crippen molar-refractivity contribution in [1.29, 1.82) is 0 Å². The topological polar surface area (TPSA) is 76.4 Å². The summed E-state index contributed by atoms with van der Waals surface area (Å²) in [4.78, 5) is 26.4. The Balaban J connectivity index is 1.31. The van der Waals surface area contributed by atoms with Crippen LogP contribution in [-0.4, -0.2) is 63.3 Å². The quantitative estimate of drug-likeness (QED) is 0.579. The number of hydrogen-bond acceptors (Lipinski definition) is 6. The molecule has 0 unspecified atom stereocenters. The van der Waals surface area contributed by atoms with E-state index in [0.29, 0.717) is 12.3 Å². The van der Waals surface area contributed by atoms with Crippen LogP contribution in [0, 0.1) is 0 Å². The molecule has 3 aromatic rings. The van der Waals surface area contributed by atoms with Crippen LogP contribution in [0.4, 0.5) is 5.95 Å². The minimum atomic E-state index is 0.0133. The number of likely N-dealkylation sites (tertiary alicyclic amines) is 1. The van der Waals surface area contributed by atoms with Gasteiger partial charge in [0.1, 0.15) is 5.75 Å². The SMILES string of the molecule is Cn1cc(-c2ccnc(N3CCCC3)n2)c([C@H]2CCCN(C(=O)COc3ccccc3)C2)n1. The maximum absolute atomic E-state index is 12.8. The van der Waals surface area contributed by atoms with E-state index < -0.39 is 0 Å². The highest BCUT2D eigenvalue weighted by molar-refractivity contribution is 5.78. The number of aryl methyl sites for hydroxylation is 1. The number of aromatic nitrogens is 4. The molecule has 2 aromatic heterocycles. The second kappa shape index (κ2) is 9.60. The largest absolute Gasteiger partial charge is 0.484 e. The lowest BCUT2D eigenvalue weighted by Gasteiger charge is -2.32. The van der Waals surface area contributed by atoms with E-state index in [0.717, 1.165) is 55.4 Å². The van der Waals surface area contributed by atoms with Crippen molar-refractivity contribution in [2.45, 2.75) is 31.6 Å². The van der Waals surface area contributed by atoms with Crippen LogP contribution in [0.5, 0.6) is 5.75 Å². The first-order valence-electron chi connectivity index (χ1n) is 11.7. The molecule has 0 N–H and O–H groups in total. The second-order valence-electron chi connectivity index (χ2n) is 8.82. The number of amides is 1. The summed E-state index contributed by atoms with van der Waals surface area (Å²) < 4.78 is 7.54. The Labute approximate surface area is 194 Å². The zero-order valence-electron chi connectivity index (χ0n) is 19.1. The number of benzene rings is 1. The molecule has 2 aliphatic rings. The molecule has 4 heterocycles. The normalized spacial score (nSPS) is 18.5. The zero-order valence-corrected chi connectivity index (χ0v) is 19.1. The van der Waals surface area contributed by atoms with Gasteiger partial charge in [-0.1, -0.05) is 18.2 Å². The number of carbonyl (C=O) groups is 1. The van der Waals surface area contributed by atoms with Crippen LogP contribution in [0.25, 0.3) is 11.3 Å². The van der Waals surface area contributed by atoms with Crippen LogP contribution in [0.3, 0.4) is 0 Å². The monoisotopic (exact) mass is 446 g/mol. The third-order valence-corrected chi connectivity index (χ3v) is 6.43. The molecule has 2 aliphatic heterocycles. The van der Waals surface area contributed by atoms with Gasteiger partial charge in [0, 0.05) is 57.1 Å². The molecule has 1 atom stereocenters. The van der Waals surface area contributed by atoms with Gasteiger partial charge in [0.05, 0.1) is 11.4 Å². The predicted molar refractivity (Wildman–Crippen MR) is 126 cm³/mol. The van der Waals surface area contributed by atoms with E-state index in [-0.39, 0.29) is 18.4 Å². The average molecular weight is 447 g/mol. The van der Waals surface area contributed by atoms with Gasteiger partial charge < -0.3 is 14.5 Å². The molecule has 5 rings (SSSR count). The third kappa shape index (κ3) is 4.84. The molecular weight excluding hydrogens is 416 g/mol. The van der Waals surface area contributed by atoms with E-state index in [2.05, 4.69) is 9.88 Å². The van der Waals surface area contributed by atoms with Crippen LogP contribution in [0.15, 0.2) is 48.8 Å². The summed E-state index contributed by atoms with van der Waals surface area (Å²) in [5.74, 6) is 1.68. The molecule has 1 amide bonds. The zero-order chi connectivity index (χ0) is 22.6. The molecule has 33 heavy (non-hydrogen) atoms. The van der Waals surface area contributed by atoms with Crippen LogP contribution in [0.1, 0.15) is 37.3 Å². The first kappa shape index (κ1) is 21.4. The lowest BCUT2D eigenvalue weighted by Crippen LogP contribution is -2.41. The Bertz CT molecular complexity index is 1090. The molecule has 0 bridgehead atoms. The fourth-order valence-electron chi connectivity index (χ4n) is 4.75. The van der Waals surface area contributed by atoms with E-state index in [9.17, 15) is 4.79 Å². The van der Waals surface area contributed by atoms with Gasteiger partial charge in [-0.15, -0.1) is 0 Å². The van der Waals surface area contributed by atoms with Gasteiger partial charge in [-0.25, -0.2) is 9.97 Å². The van der Waals surface area contributed by atoms with Gasteiger partial charge in [-0.2, -0.15) is 5.10 Å². The smallest absolute Gasteiger partial charge is 0.260 e. The number of rotatable bonds is 6. The van der Waals surface area contributed by atoms with E-state index >= 15 is 0 Å². The van der Waals surface area contributed by atoms with E-state index in [1.165, 1.54) is 12.8 Å². The Morgan fingerprint density at radius 1 is 1.09 bits per heavy atom. The molecule has 0 radical (unpaired) electrons. The summed E-state index contributed by atoms with van der Waals surface area (Å²) >= 11 is 0. The van der Waals surface area contributed by atoms with Crippen molar-refractivity contribution in [2.75, 3.05) is 37.7 Å². The minimum absolute atomic E-state index is 0.0133. The molecular formula is C25H30N6O2. The van der Waals surface area contributed by atoms with Crippen molar-refractivity contribution in [2.24, 2.45) is 7.05 Å². The number of para-hydroxylation sites is 1. The molecule has 172 valence electrons. The van der Waals surface area contributed by atoms with Gasteiger partial charge in [0.25, 0.3) is 5.91 Å². The number of hydrogen-bond donors (Lipinski definition) is 0. The van der Waals surface area contributed by atoms with E-state index in [4.69, 9.17) is 14.8 Å². The van der Waals surface area contributed by atoms with Crippen LogP contribution in [0.2, 0.25) is 0 Å². The fourth-order valence-corrected chi connectivity index (χ4v) is 4.75. The predicted octanol–water partition coefficient (Wildman–Crippen LogP) is 3.26. The fraction of sp³-hybridized carbons (Fsp3) is 0.440. The number of carbonyl (C=O) groups excluding carboxylic acids is 1. The Hall–Kier alpha value is -3.42. The Morgan fingerprint density at radius 2 is 1.91 bits per heavy atom. The highest BCUT2D eigenvalue weighted by atomic mass is 16.5. The Kier molecular flexibility index (Phi) is 6.24. The molecule has 0 saturated carbocycles. The van der Waals surface area contributed by atoms with Crippen LogP contribution >= 0.6 is 0 Å². The van der Waals surface area contributed by atoms with Crippen molar-refractivity contribution < 1.29 is 9.53 Å². The number of anilines is 1. The van der Waals surface area contributed by atoms with Crippen molar-refractivity contribution >= 4 is 11.9 Å². The van der Waals surface area contributed by atoms with Crippen molar-refractivity contribution in [3.63, 3.8) is 0 Å². The molecule has 0 spiro atoms. The van der Waals surface area contributed by atoms with Gasteiger partial charge in [-0.05, 0) is 43.9 Å². The van der Waals surface area contributed by atoms with Crippen LogP contribution < -0.4 is 9.64 Å². The van der Waals surface area contributed by atoms with Gasteiger partial charge >= 0.3 is 0 Å². The Morgan fingerprint density at radius 3 is 2.73 bits per heavy atom. The van der Waals surface area contributed by atoms with Crippen molar-refractivity contribution in [3.8, 4) is 17.0 Å². The van der Waals surface area contributed by atoms with Gasteiger partial charge in [0.2, 0.25) is 5.95 Å². The van der Waals surface area contributed by atoms with Gasteiger partial charge in [0.15, 0.2) is 6.61 Å².